The molecule has 6 N–H and O–H groups in total. The van der Waals surface area contributed by atoms with Crippen molar-refractivity contribution in [2.75, 3.05) is 30.3 Å². The van der Waals surface area contributed by atoms with Crippen molar-refractivity contribution in [3.63, 3.8) is 0 Å². The number of carbonyl (C=O) groups excluding carboxylic acids is 2. The van der Waals surface area contributed by atoms with E-state index in [0.29, 0.717) is 37.8 Å². The minimum Gasteiger partial charge on any atom is -0.369 e. The Morgan fingerprint density at radius 2 is 1.87 bits per heavy atom. The van der Waals surface area contributed by atoms with Crippen LogP contribution in [0.4, 0.5) is 16.2 Å². The Hall–Kier alpha value is -3.27. The fraction of sp³-hybridized carbons (Fsp3) is 0.400. The molecule has 3 rings (SSSR count). The number of fused-ring (bicyclic) bond motifs is 2. The lowest BCUT2D eigenvalue weighted by atomic mass is 10.2. The number of nitrogens with zero attached hydrogens (tertiary/aromatic N) is 2. The molecule has 0 radical (unpaired) electrons. The van der Waals surface area contributed by atoms with Crippen LogP contribution in [-0.2, 0) is 11.3 Å². The highest BCUT2D eigenvalue weighted by atomic mass is 19.1. The Balaban J connectivity index is 1.71. The van der Waals surface area contributed by atoms with Crippen molar-refractivity contribution in [2.45, 2.75) is 31.8 Å². The van der Waals surface area contributed by atoms with Crippen molar-refractivity contribution in [3.8, 4) is 0 Å². The number of aromatic nitrogens is 2. The molecule has 0 saturated heterocycles. The Morgan fingerprint density at radius 3 is 2.63 bits per heavy atom. The quantitative estimate of drug-likeness (QED) is 0.505. The monoisotopic (exact) mass is 415 g/mol. The Bertz CT molecular complexity index is 876. The molecule has 0 fully saturated rings. The number of halogens is 1. The Kier molecular flexibility index (Phi) is 7.50. The second-order valence-corrected chi connectivity index (χ2v) is 7.01. The van der Waals surface area contributed by atoms with Gasteiger partial charge in [0.15, 0.2) is 0 Å². The van der Waals surface area contributed by atoms with E-state index in [4.69, 9.17) is 5.73 Å². The number of nitrogens with two attached hydrogens (primary N) is 1. The molecular formula is C20H26FN7O2. The summed E-state index contributed by atoms with van der Waals surface area (Å²) < 4.78 is 13.0. The molecular weight excluding hydrogens is 389 g/mol. The fourth-order valence-corrected chi connectivity index (χ4v) is 2.92. The van der Waals surface area contributed by atoms with Crippen LogP contribution in [-0.4, -0.2) is 47.5 Å². The lowest BCUT2D eigenvalue weighted by molar-refractivity contribution is -0.122. The van der Waals surface area contributed by atoms with Crippen LogP contribution in [0.5, 0.6) is 0 Å². The zero-order valence-electron chi connectivity index (χ0n) is 16.6. The first kappa shape index (κ1) is 21.4. The maximum atomic E-state index is 13.0. The van der Waals surface area contributed by atoms with Crippen LogP contribution in [0, 0.1) is 5.82 Å². The molecule has 0 saturated carbocycles. The SMILES string of the molecule is N[C@H]1CCNc2nc(ncc2C(=O)NCc2ccc(F)cc2)NCCCCNC1=O. The molecule has 2 aromatic rings. The molecule has 2 amide bonds. The van der Waals surface area contributed by atoms with Crippen LogP contribution < -0.4 is 27.0 Å². The molecule has 0 unspecified atom stereocenters. The number of amides is 2. The van der Waals surface area contributed by atoms with Gasteiger partial charge >= 0.3 is 0 Å². The number of carbonyl (C=O) groups is 2. The van der Waals surface area contributed by atoms with Crippen LogP contribution in [0.2, 0.25) is 0 Å². The Labute approximate surface area is 174 Å². The number of hydrogen-bond acceptors (Lipinski definition) is 7. The minimum absolute atomic E-state index is 0.192. The molecule has 1 aliphatic heterocycles. The van der Waals surface area contributed by atoms with Gasteiger partial charge in [-0.3, -0.25) is 9.59 Å². The highest BCUT2D eigenvalue weighted by Crippen LogP contribution is 2.15. The van der Waals surface area contributed by atoms with Crippen molar-refractivity contribution in [1.29, 1.82) is 0 Å². The zero-order valence-corrected chi connectivity index (χ0v) is 16.6. The summed E-state index contributed by atoms with van der Waals surface area (Å²) in [6.07, 6.45) is 3.47. The second-order valence-electron chi connectivity index (χ2n) is 7.01. The van der Waals surface area contributed by atoms with Gasteiger partial charge in [0.25, 0.3) is 5.91 Å². The van der Waals surface area contributed by atoms with Gasteiger partial charge in [-0.05, 0) is 37.0 Å². The summed E-state index contributed by atoms with van der Waals surface area (Å²) in [7, 11) is 0. The average molecular weight is 415 g/mol. The molecule has 2 heterocycles. The molecule has 0 aliphatic carbocycles. The largest absolute Gasteiger partial charge is 0.369 e. The first-order valence-electron chi connectivity index (χ1n) is 9.93. The van der Waals surface area contributed by atoms with Gasteiger partial charge in [0.05, 0.1) is 6.04 Å². The Morgan fingerprint density at radius 1 is 1.13 bits per heavy atom. The van der Waals surface area contributed by atoms with Crippen molar-refractivity contribution in [3.05, 3.63) is 47.4 Å². The minimum atomic E-state index is -0.643. The van der Waals surface area contributed by atoms with E-state index < -0.39 is 6.04 Å². The van der Waals surface area contributed by atoms with Gasteiger partial charge in [0, 0.05) is 32.4 Å². The van der Waals surface area contributed by atoms with E-state index in [1.165, 1.54) is 18.3 Å². The zero-order chi connectivity index (χ0) is 21.3. The average Bonchev–Trinajstić information content (AvgIpc) is 2.75. The molecule has 1 aromatic carbocycles. The summed E-state index contributed by atoms with van der Waals surface area (Å²) in [5.74, 6) is -0.120. The van der Waals surface area contributed by atoms with E-state index in [9.17, 15) is 14.0 Å². The van der Waals surface area contributed by atoms with Crippen molar-refractivity contribution >= 4 is 23.6 Å². The number of nitrogens with one attached hydrogen (secondary N) is 4. The summed E-state index contributed by atoms with van der Waals surface area (Å²) >= 11 is 0. The molecule has 2 bridgehead atoms. The standard InChI is InChI=1S/C20H26FN7O2/c21-14-5-3-13(4-6-14)11-26-18(29)15-12-27-20-25-9-2-1-8-24-19(30)16(22)7-10-23-17(15)28-20/h3-6,12,16H,1-2,7-11,22H2,(H,24,30)(H,26,29)(H2,23,25,27,28)/t16-/m0/s1. The van der Waals surface area contributed by atoms with Crippen LogP contribution in [0.15, 0.2) is 30.5 Å². The van der Waals surface area contributed by atoms with E-state index in [1.54, 1.807) is 12.1 Å². The number of anilines is 2. The summed E-state index contributed by atoms with van der Waals surface area (Å²) in [6, 6.07) is 5.25. The predicted octanol–water partition coefficient (Wildman–Crippen LogP) is 0.997. The third-order valence-electron chi connectivity index (χ3n) is 4.67. The van der Waals surface area contributed by atoms with E-state index >= 15 is 0 Å². The van der Waals surface area contributed by atoms with Crippen molar-refractivity contribution < 1.29 is 14.0 Å². The second kappa shape index (κ2) is 10.5. The summed E-state index contributed by atoms with van der Waals surface area (Å²) in [5.41, 5.74) is 6.96. The molecule has 1 aliphatic rings. The molecule has 0 spiro atoms. The molecule has 160 valence electrons. The highest BCUT2D eigenvalue weighted by molar-refractivity contribution is 5.98. The maximum absolute atomic E-state index is 13.0. The van der Waals surface area contributed by atoms with Crippen LogP contribution in [0.1, 0.15) is 35.2 Å². The van der Waals surface area contributed by atoms with Gasteiger partial charge in [-0.2, -0.15) is 4.98 Å². The number of rotatable bonds is 3. The van der Waals surface area contributed by atoms with Gasteiger partial charge in [-0.1, -0.05) is 12.1 Å². The highest BCUT2D eigenvalue weighted by Gasteiger charge is 2.17. The molecule has 9 nitrogen and oxygen atoms in total. The summed E-state index contributed by atoms with van der Waals surface area (Å²) in [6.45, 7) is 1.81. The first-order valence-corrected chi connectivity index (χ1v) is 9.93. The van der Waals surface area contributed by atoms with Gasteiger partial charge in [0.1, 0.15) is 17.2 Å². The number of benzene rings is 1. The normalized spacial score (nSPS) is 17.7. The third-order valence-corrected chi connectivity index (χ3v) is 4.67. The smallest absolute Gasteiger partial charge is 0.256 e. The predicted molar refractivity (Wildman–Crippen MR) is 111 cm³/mol. The van der Waals surface area contributed by atoms with E-state index in [2.05, 4.69) is 31.2 Å². The van der Waals surface area contributed by atoms with Crippen LogP contribution in [0.25, 0.3) is 0 Å². The molecule has 1 atom stereocenters. The summed E-state index contributed by atoms with van der Waals surface area (Å²) in [5, 5.41) is 11.8. The van der Waals surface area contributed by atoms with Crippen molar-refractivity contribution in [1.82, 2.24) is 20.6 Å². The van der Waals surface area contributed by atoms with E-state index in [1.807, 2.05) is 0 Å². The summed E-state index contributed by atoms with van der Waals surface area (Å²) in [4.78, 5) is 33.3. The lowest BCUT2D eigenvalue weighted by Gasteiger charge is -2.16. The van der Waals surface area contributed by atoms with E-state index in [0.717, 1.165) is 18.4 Å². The van der Waals surface area contributed by atoms with Crippen molar-refractivity contribution in [2.24, 2.45) is 5.73 Å². The van der Waals surface area contributed by atoms with Crippen LogP contribution in [0.3, 0.4) is 0 Å². The fourth-order valence-electron chi connectivity index (χ4n) is 2.92. The topological polar surface area (TPSA) is 134 Å². The van der Waals surface area contributed by atoms with Gasteiger partial charge in [0.2, 0.25) is 11.9 Å². The molecule has 10 heteroatoms. The molecule has 1 aromatic heterocycles. The van der Waals surface area contributed by atoms with Gasteiger partial charge in [-0.15, -0.1) is 0 Å². The maximum Gasteiger partial charge on any atom is 0.256 e. The molecule has 30 heavy (non-hydrogen) atoms. The number of hydrogen-bond donors (Lipinski definition) is 5. The lowest BCUT2D eigenvalue weighted by Crippen LogP contribution is -2.42. The first-order chi connectivity index (χ1) is 14.5. The van der Waals surface area contributed by atoms with Gasteiger partial charge in [-0.25, -0.2) is 9.37 Å². The van der Waals surface area contributed by atoms with Gasteiger partial charge < -0.3 is 27.0 Å². The van der Waals surface area contributed by atoms with Crippen LogP contribution >= 0.6 is 0 Å². The third kappa shape index (κ3) is 6.11. The van der Waals surface area contributed by atoms with E-state index in [-0.39, 0.29) is 29.7 Å².